The molecule has 7 nitrogen and oxygen atoms in total. The molecule has 25 heavy (non-hydrogen) atoms. The number of amides is 1. The monoisotopic (exact) mass is 344 g/mol. The second-order valence-corrected chi connectivity index (χ2v) is 4.85. The zero-order chi connectivity index (χ0) is 18.2. The summed E-state index contributed by atoms with van der Waals surface area (Å²) in [6.45, 7) is 0. The Morgan fingerprint density at radius 2 is 1.48 bits per heavy atom. The van der Waals surface area contributed by atoms with E-state index in [1.54, 1.807) is 43.5 Å². The minimum absolute atomic E-state index is 0.381. The Morgan fingerprint density at radius 3 is 2.12 bits per heavy atom. The van der Waals surface area contributed by atoms with Gasteiger partial charge in [0, 0.05) is 11.6 Å². The molecule has 1 amide bonds. The molecule has 0 heterocycles. The van der Waals surface area contributed by atoms with Crippen molar-refractivity contribution < 1.29 is 23.7 Å². The zero-order valence-corrected chi connectivity index (χ0v) is 14.5. The summed E-state index contributed by atoms with van der Waals surface area (Å²) in [5, 5.41) is 3.98. The molecular weight excluding hydrogens is 324 g/mol. The molecule has 2 rings (SSSR count). The molecular formula is C18H20N2O5. The molecule has 7 heteroatoms. The van der Waals surface area contributed by atoms with Crippen LogP contribution in [0.1, 0.15) is 15.9 Å². The van der Waals surface area contributed by atoms with E-state index in [9.17, 15) is 4.79 Å². The lowest BCUT2D eigenvalue weighted by atomic mass is 10.2. The van der Waals surface area contributed by atoms with Crippen molar-refractivity contribution in [3.8, 4) is 23.0 Å². The van der Waals surface area contributed by atoms with Gasteiger partial charge >= 0.3 is 0 Å². The quantitative estimate of drug-likeness (QED) is 0.617. The number of para-hydroxylation sites is 1. The predicted molar refractivity (Wildman–Crippen MR) is 94.2 cm³/mol. The van der Waals surface area contributed by atoms with Gasteiger partial charge in [0.2, 0.25) is 0 Å². The standard InChI is InChI=1S/C18H20N2O5/c1-22-14-8-6-5-7-13(14)18(21)20-19-11-12-9-16(24-3)17(25-4)10-15(12)23-2/h5-11H,1-4H3,(H,20,21)/b19-11+. The highest BCUT2D eigenvalue weighted by atomic mass is 16.5. The summed E-state index contributed by atoms with van der Waals surface area (Å²) in [6, 6.07) is 10.3. The minimum atomic E-state index is -0.381. The highest BCUT2D eigenvalue weighted by Crippen LogP contribution is 2.33. The van der Waals surface area contributed by atoms with E-state index in [1.807, 2.05) is 0 Å². The zero-order valence-electron chi connectivity index (χ0n) is 14.5. The molecule has 1 N–H and O–H groups in total. The van der Waals surface area contributed by atoms with Gasteiger partial charge in [-0.3, -0.25) is 4.79 Å². The first-order chi connectivity index (χ1) is 12.1. The van der Waals surface area contributed by atoms with Crippen LogP contribution in [0, 0.1) is 0 Å². The number of hydrazone groups is 1. The van der Waals surface area contributed by atoms with Crippen molar-refractivity contribution in [2.24, 2.45) is 5.10 Å². The summed E-state index contributed by atoms with van der Waals surface area (Å²) in [4.78, 5) is 12.2. The number of hydrogen-bond acceptors (Lipinski definition) is 6. The van der Waals surface area contributed by atoms with Crippen LogP contribution in [0.3, 0.4) is 0 Å². The SMILES string of the molecule is COc1cc(OC)c(OC)cc1/C=N/NC(=O)c1ccccc1OC. The maximum Gasteiger partial charge on any atom is 0.275 e. The van der Waals surface area contributed by atoms with Crippen molar-refractivity contribution >= 4 is 12.1 Å². The van der Waals surface area contributed by atoms with Crippen molar-refractivity contribution in [2.45, 2.75) is 0 Å². The maximum absolute atomic E-state index is 12.2. The van der Waals surface area contributed by atoms with Gasteiger partial charge in [0.25, 0.3) is 5.91 Å². The fraction of sp³-hybridized carbons (Fsp3) is 0.222. The van der Waals surface area contributed by atoms with Crippen molar-refractivity contribution in [1.29, 1.82) is 0 Å². The smallest absolute Gasteiger partial charge is 0.275 e. The lowest BCUT2D eigenvalue weighted by Gasteiger charge is -2.11. The molecule has 2 aromatic rings. The Bertz CT molecular complexity index is 774. The van der Waals surface area contributed by atoms with Crippen molar-refractivity contribution in [1.82, 2.24) is 5.43 Å². The molecule has 0 bridgehead atoms. The summed E-state index contributed by atoms with van der Waals surface area (Å²) >= 11 is 0. The Balaban J connectivity index is 2.20. The topological polar surface area (TPSA) is 78.4 Å². The van der Waals surface area contributed by atoms with Gasteiger partial charge in [-0.2, -0.15) is 5.10 Å². The molecule has 0 unspecified atom stereocenters. The van der Waals surface area contributed by atoms with Gasteiger partial charge in [-0.05, 0) is 18.2 Å². The van der Waals surface area contributed by atoms with Crippen LogP contribution in [0.25, 0.3) is 0 Å². The molecule has 0 aromatic heterocycles. The van der Waals surface area contributed by atoms with Crippen LogP contribution in [0.4, 0.5) is 0 Å². The Morgan fingerprint density at radius 1 is 0.880 bits per heavy atom. The van der Waals surface area contributed by atoms with E-state index in [0.29, 0.717) is 34.1 Å². The van der Waals surface area contributed by atoms with Crippen LogP contribution < -0.4 is 24.4 Å². The van der Waals surface area contributed by atoms with Gasteiger partial charge in [0.15, 0.2) is 11.5 Å². The van der Waals surface area contributed by atoms with Crippen LogP contribution in [0.15, 0.2) is 41.5 Å². The van der Waals surface area contributed by atoms with E-state index >= 15 is 0 Å². The van der Waals surface area contributed by atoms with E-state index in [4.69, 9.17) is 18.9 Å². The number of benzene rings is 2. The van der Waals surface area contributed by atoms with Crippen LogP contribution >= 0.6 is 0 Å². The van der Waals surface area contributed by atoms with Crippen LogP contribution in [0.2, 0.25) is 0 Å². The first-order valence-electron chi connectivity index (χ1n) is 7.41. The van der Waals surface area contributed by atoms with E-state index in [2.05, 4.69) is 10.5 Å². The maximum atomic E-state index is 12.2. The molecule has 0 atom stereocenters. The fourth-order valence-electron chi connectivity index (χ4n) is 2.21. The number of hydrogen-bond donors (Lipinski definition) is 1. The molecule has 0 spiro atoms. The van der Waals surface area contributed by atoms with Gasteiger partial charge in [0.1, 0.15) is 11.5 Å². The van der Waals surface area contributed by atoms with Gasteiger partial charge in [0.05, 0.1) is 40.2 Å². The summed E-state index contributed by atoms with van der Waals surface area (Å²) in [5.74, 6) is 1.69. The number of methoxy groups -OCH3 is 4. The van der Waals surface area contributed by atoms with Crippen LogP contribution in [0.5, 0.6) is 23.0 Å². The molecule has 0 radical (unpaired) electrons. The third-order valence-electron chi connectivity index (χ3n) is 3.46. The summed E-state index contributed by atoms with van der Waals surface area (Å²) in [5.41, 5.74) is 3.48. The van der Waals surface area contributed by atoms with E-state index in [1.165, 1.54) is 27.5 Å². The second kappa shape index (κ2) is 8.58. The average Bonchev–Trinajstić information content (AvgIpc) is 2.67. The average molecular weight is 344 g/mol. The van der Waals surface area contributed by atoms with E-state index in [0.717, 1.165) is 0 Å². The number of rotatable bonds is 7. The highest BCUT2D eigenvalue weighted by Gasteiger charge is 2.12. The van der Waals surface area contributed by atoms with E-state index < -0.39 is 0 Å². The third-order valence-corrected chi connectivity index (χ3v) is 3.46. The third kappa shape index (κ3) is 4.20. The number of carbonyl (C=O) groups excluding carboxylic acids is 1. The number of nitrogens with zero attached hydrogens (tertiary/aromatic N) is 1. The van der Waals surface area contributed by atoms with Gasteiger partial charge < -0.3 is 18.9 Å². The molecule has 0 aliphatic rings. The summed E-state index contributed by atoms with van der Waals surface area (Å²) < 4.78 is 21.0. The highest BCUT2D eigenvalue weighted by molar-refractivity contribution is 5.97. The van der Waals surface area contributed by atoms with Crippen molar-refractivity contribution in [3.05, 3.63) is 47.5 Å². The molecule has 0 fully saturated rings. The Labute approximate surface area is 146 Å². The molecule has 0 saturated carbocycles. The van der Waals surface area contributed by atoms with Crippen LogP contribution in [-0.2, 0) is 0 Å². The molecule has 0 aliphatic heterocycles. The summed E-state index contributed by atoms with van der Waals surface area (Å²) in [7, 11) is 6.11. The molecule has 0 aliphatic carbocycles. The largest absolute Gasteiger partial charge is 0.496 e. The van der Waals surface area contributed by atoms with Gasteiger partial charge in [-0.15, -0.1) is 0 Å². The first-order valence-corrected chi connectivity index (χ1v) is 7.41. The summed E-state index contributed by atoms with van der Waals surface area (Å²) in [6.07, 6.45) is 1.47. The van der Waals surface area contributed by atoms with Crippen molar-refractivity contribution in [3.63, 3.8) is 0 Å². The lowest BCUT2D eigenvalue weighted by molar-refractivity contribution is 0.0952. The molecule has 0 saturated heterocycles. The second-order valence-electron chi connectivity index (χ2n) is 4.85. The van der Waals surface area contributed by atoms with Crippen LogP contribution in [-0.4, -0.2) is 40.6 Å². The van der Waals surface area contributed by atoms with Crippen molar-refractivity contribution in [2.75, 3.05) is 28.4 Å². The first kappa shape index (κ1) is 18.1. The Kier molecular flexibility index (Phi) is 6.22. The minimum Gasteiger partial charge on any atom is -0.496 e. The Hall–Kier alpha value is -3.22. The van der Waals surface area contributed by atoms with E-state index in [-0.39, 0.29) is 5.91 Å². The number of carbonyl (C=O) groups is 1. The lowest BCUT2D eigenvalue weighted by Crippen LogP contribution is -2.18. The number of ether oxygens (including phenoxy) is 4. The molecule has 2 aromatic carbocycles. The predicted octanol–water partition coefficient (Wildman–Crippen LogP) is 2.48. The molecule has 132 valence electrons. The number of nitrogens with one attached hydrogen (secondary N) is 1. The normalized spacial score (nSPS) is 10.4. The van der Waals surface area contributed by atoms with Gasteiger partial charge in [-0.1, -0.05) is 12.1 Å². The van der Waals surface area contributed by atoms with Gasteiger partial charge in [-0.25, -0.2) is 5.43 Å². The fourth-order valence-corrected chi connectivity index (χ4v) is 2.21.